The van der Waals surface area contributed by atoms with E-state index >= 15 is 0 Å². The standard InChI is InChI=1S/C11H22N2O/c1-3-4-5-11(14)13-10-6-7-12-9(2)8-10/h9-10,12H,3-8H2,1-2H3,(H,13,14). The maximum absolute atomic E-state index is 11.4. The lowest BCUT2D eigenvalue weighted by Crippen LogP contribution is -2.46. The molecule has 1 fully saturated rings. The van der Waals surface area contributed by atoms with Crippen LogP contribution in [-0.4, -0.2) is 24.5 Å². The van der Waals surface area contributed by atoms with E-state index in [1.165, 1.54) is 0 Å². The number of nitrogens with one attached hydrogen (secondary N) is 2. The fourth-order valence-corrected chi connectivity index (χ4v) is 1.90. The van der Waals surface area contributed by atoms with Crippen molar-refractivity contribution in [1.29, 1.82) is 0 Å². The Morgan fingerprint density at radius 3 is 3.00 bits per heavy atom. The summed E-state index contributed by atoms with van der Waals surface area (Å²) in [6.07, 6.45) is 4.93. The predicted octanol–water partition coefficient (Wildman–Crippen LogP) is 1.43. The van der Waals surface area contributed by atoms with Gasteiger partial charge in [-0.15, -0.1) is 0 Å². The number of rotatable bonds is 4. The lowest BCUT2D eigenvalue weighted by atomic mass is 10.0. The van der Waals surface area contributed by atoms with E-state index in [2.05, 4.69) is 24.5 Å². The van der Waals surface area contributed by atoms with Gasteiger partial charge in [0.05, 0.1) is 0 Å². The van der Waals surface area contributed by atoms with E-state index in [0.717, 1.165) is 32.2 Å². The Bertz CT molecular complexity index is 182. The average molecular weight is 198 g/mol. The Kier molecular flexibility index (Phi) is 4.94. The van der Waals surface area contributed by atoms with Crippen LogP contribution in [0.15, 0.2) is 0 Å². The van der Waals surface area contributed by atoms with Crippen LogP contribution in [0.3, 0.4) is 0 Å². The molecule has 0 aromatic heterocycles. The second kappa shape index (κ2) is 6.02. The molecule has 3 nitrogen and oxygen atoms in total. The Morgan fingerprint density at radius 2 is 2.36 bits per heavy atom. The highest BCUT2D eigenvalue weighted by Gasteiger charge is 2.19. The molecule has 0 aromatic rings. The van der Waals surface area contributed by atoms with E-state index in [1.807, 2.05) is 0 Å². The van der Waals surface area contributed by atoms with E-state index < -0.39 is 0 Å². The first-order chi connectivity index (χ1) is 6.72. The molecule has 1 aliphatic heterocycles. The number of piperidine rings is 1. The predicted molar refractivity (Wildman–Crippen MR) is 58.2 cm³/mol. The molecule has 0 spiro atoms. The van der Waals surface area contributed by atoms with Crippen molar-refractivity contribution in [3.05, 3.63) is 0 Å². The molecule has 2 N–H and O–H groups in total. The maximum Gasteiger partial charge on any atom is 0.220 e. The van der Waals surface area contributed by atoms with Crippen LogP contribution in [0.25, 0.3) is 0 Å². The fraction of sp³-hybridized carbons (Fsp3) is 0.909. The number of hydrogen-bond acceptors (Lipinski definition) is 2. The molecule has 2 atom stereocenters. The molecule has 14 heavy (non-hydrogen) atoms. The zero-order valence-electron chi connectivity index (χ0n) is 9.31. The third-order valence-corrected chi connectivity index (χ3v) is 2.75. The minimum Gasteiger partial charge on any atom is -0.353 e. The van der Waals surface area contributed by atoms with Gasteiger partial charge in [0.15, 0.2) is 0 Å². The van der Waals surface area contributed by atoms with Gasteiger partial charge in [0, 0.05) is 18.5 Å². The lowest BCUT2D eigenvalue weighted by molar-refractivity contribution is -0.122. The average Bonchev–Trinajstić information content (AvgIpc) is 2.15. The van der Waals surface area contributed by atoms with Crippen LogP contribution < -0.4 is 10.6 Å². The first-order valence-electron chi connectivity index (χ1n) is 5.75. The van der Waals surface area contributed by atoms with Crippen molar-refractivity contribution >= 4 is 5.91 Å². The lowest BCUT2D eigenvalue weighted by Gasteiger charge is -2.28. The summed E-state index contributed by atoms with van der Waals surface area (Å²) in [4.78, 5) is 11.4. The van der Waals surface area contributed by atoms with Gasteiger partial charge in [-0.05, 0) is 32.7 Å². The van der Waals surface area contributed by atoms with E-state index in [0.29, 0.717) is 18.5 Å². The highest BCUT2D eigenvalue weighted by atomic mass is 16.1. The van der Waals surface area contributed by atoms with Crippen molar-refractivity contribution in [3.63, 3.8) is 0 Å². The van der Waals surface area contributed by atoms with E-state index in [9.17, 15) is 4.79 Å². The van der Waals surface area contributed by atoms with Crippen molar-refractivity contribution in [1.82, 2.24) is 10.6 Å². The van der Waals surface area contributed by atoms with Gasteiger partial charge >= 0.3 is 0 Å². The van der Waals surface area contributed by atoms with E-state index in [4.69, 9.17) is 0 Å². The summed E-state index contributed by atoms with van der Waals surface area (Å²) in [5.74, 6) is 0.228. The zero-order valence-corrected chi connectivity index (χ0v) is 9.31. The Labute approximate surface area is 86.6 Å². The van der Waals surface area contributed by atoms with Crippen molar-refractivity contribution in [2.24, 2.45) is 0 Å². The molecule has 1 amide bonds. The molecule has 3 heteroatoms. The number of carbonyl (C=O) groups is 1. The third-order valence-electron chi connectivity index (χ3n) is 2.75. The van der Waals surface area contributed by atoms with Crippen LogP contribution in [0, 0.1) is 0 Å². The van der Waals surface area contributed by atoms with Gasteiger partial charge in [-0.1, -0.05) is 13.3 Å². The number of amides is 1. The van der Waals surface area contributed by atoms with Crippen molar-refractivity contribution in [2.75, 3.05) is 6.54 Å². The maximum atomic E-state index is 11.4. The van der Waals surface area contributed by atoms with Gasteiger partial charge in [0.2, 0.25) is 5.91 Å². The van der Waals surface area contributed by atoms with Crippen LogP contribution in [-0.2, 0) is 4.79 Å². The Balaban J connectivity index is 2.18. The largest absolute Gasteiger partial charge is 0.353 e. The van der Waals surface area contributed by atoms with Gasteiger partial charge < -0.3 is 10.6 Å². The summed E-state index contributed by atoms with van der Waals surface area (Å²) in [6.45, 7) is 5.31. The second-order valence-electron chi connectivity index (χ2n) is 4.25. The molecule has 0 saturated carbocycles. The molecule has 1 saturated heterocycles. The number of unbranched alkanes of at least 4 members (excludes halogenated alkanes) is 1. The van der Waals surface area contributed by atoms with Crippen LogP contribution in [0.2, 0.25) is 0 Å². The highest BCUT2D eigenvalue weighted by Crippen LogP contribution is 2.08. The SMILES string of the molecule is CCCCC(=O)NC1CCNC(C)C1. The summed E-state index contributed by atoms with van der Waals surface area (Å²) < 4.78 is 0. The molecule has 0 aromatic carbocycles. The van der Waals surface area contributed by atoms with Gasteiger partial charge in [-0.3, -0.25) is 4.79 Å². The van der Waals surface area contributed by atoms with Crippen molar-refractivity contribution in [2.45, 2.75) is 58.0 Å². The molecule has 1 aliphatic rings. The third kappa shape index (κ3) is 4.09. The molecular weight excluding hydrogens is 176 g/mol. The highest BCUT2D eigenvalue weighted by molar-refractivity contribution is 5.76. The monoisotopic (exact) mass is 198 g/mol. The Hall–Kier alpha value is -0.570. The summed E-state index contributed by atoms with van der Waals surface area (Å²) in [7, 11) is 0. The normalized spacial score (nSPS) is 27.3. The smallest absolute Gasteiger partial charge is 0.220 e. The number of carbonyl (C=O) groups excluding carboxylic acids is 1. The summed E-state index contributed by atoms with van der Waals surface area (Å²) in [5.41, 5.74) is 0. The topological polar surface area (TPSA) is 41.1 Å². The van der Waals surface area contributed by atoms with E-state index in [-0.39, 0.29) is 5.91 Å². The van der Waals surface area contributed by atoms with Gasteiger partial charge in [-0.25, -0.2) is 0 Å². The van der Waals surface area contributed by atoms with Crippen LogP contribution in [0.1, 0.15) is 46.0 Å². The quantitative estimate of drug-likeness (QED) is 0.717. The van der Waals surface area contributed by atoms with Gasteiger partial charge in [-0.2, -0.15) is 0 Å². The van der Waals surface area contributed by atoms with Gasteiger partial charge in [0.25, 0.3) is 0 Å². The minimum atomic E-state index is 0.228. The van der Waals surface area contributed by atoms with Gasteiger partial charge in [0.1, 0.15) is 0 Å². The summed E-state index contributed by atoms with van der Waals surface area (Å²) in [6, 6.07) is 0.941. The molecule has 1 heterocycles. The Morgan fingerprint density at radius 1 is 1.57 bits per heavy atom. The fourth-order valence-electron chi connectivity index (χ4n) is 1.90. The zero-order chi connectivity index (χ0) is 10.4. The van der Waals surface area contributed by atoms with E-state index in [1.54, 1.807) is 0 Å². The minimum absolute atomic E-state index is 0.228. The molecule has 2 unspecified atom stereocenters. The van der Waals surface area contributed by atoms with Crippen LogP contribution >= 0.6 is 0 Å². The summed E-state index contributed by atoms with van der Waals surface area (Å²) in [5, 5.41) is 6.48. The first kappa shape index (κ1) is 11.5. The second-order valence-corrected chi connectivity index (χ2v) is 4.25. The molecule has 1 rings (SSSR count). The molecular formula is C11H22N2O. The number of hydrogen-bond donors (Lipinski definition) is 2. The van der Waals surface area contributed by atoms with Crippen molar-refractivity contribution in [3.8, 4) is 0 Å². The van der Waals surface area contributed by atoms with Crippen molar-refractivity contribution < 1.29 is 4.79 Å². The molecule has 0 radical (unpaired) electrons. The van der Waals surface area contributed by atoms with Crippen LogP contribution in [0.5, 0.6) is 0 Å². The molecule has 0 aliphatic carbocycles. The first-order valence-corrected chi connectivity index (χ1v) is 5.75. The van der Waals surface area contributed by atoms with Crippen LogP contribution in [0.4, 0.5) is 0 Å². The molecule has 0 bridgehead atoms. The summed E-state index contributed by atoms with van der Waals surface area (Å²) >= 11 is 0. The molecule has 82 valence electrons.